The average molecular weight is 510 g/mol. The minimum atomic E-state index is -0.863. The second-order valence-corrected chi connectivity index (χ2v) is 9.01. The highest BCUT2D eigenvalue weighted by Gasteiger charge is 2.44. The van der Waals surface area contributed by atoms with E-state index in [4.69, 9.17) is 13.9 Å². The number of ketones is 1. The maximum absolute atomic E-state index is 13.5. The summed E-state index contributed by atoms with van der Waals surface area (Å²) in [6, 6.07) is 26.8. The molecule has 1 aliphatic heterocycles. The standard InChI is InChI=1S/C31H27NO6/c1-20-13-15-25(38-20)29(33)27-28(32(31(35)30(27)34)18-21-9-5-3-6-10-21)23-14-16-24(26(17-23)36-2)37-19-22-11-7-4-8-12-22/h3-17,28,34H,18-19H2,1-2H3. The number of amides is 1. The van der Waals surface area contributed by atoms with Crippen LogP contribution in [0.2, 0.25) is 0 Å². The smallest absolute Gasteiger partial charge is 0.290 e. The Labute approximate surface area is 220 Å². The number of benzene rings is 3. The molecule has 0 aliphatic carbocycles. The van der Waals surface area contributed by atoms with Crippen LogP contribution in [0.25, 0.3) is 0 Å². The quantitative estimate of drug-likeness (QED) is 0.280. The van der Waals surface area contributed by atoms with Crippen LogP contribution in [0.1, 0.15) is 39.0 Å². The van der Waals surface area contributed by atoms with E-state index in [2.05, 4.69) is 0 Å². The number of aryl methyl sites for hydroxylation is 1. The monoisotopic (exact) mass is 509 g/mol. The van der Waals surface area contributed by atoms with Gasteiger partial charge in [0.2, 0.25) is 5.78 Å². The topological polar surface area (TPSA) is 89.2 Å². The Hall–Kier alpha value is -4.78. The number of furan rings is 1. The van der Waals surface area contributed by atoms with E-state index < -0.39 is 23.5 Å². The minimum Gasteiger partial charge on any atom is -0.503 e. The van der Waals surface area contributed by atoms with E-state index in [9.17, 15) is 14.7 Å². The molecule has 0 spiro atoms. The molecule has 0 saturated carbocycles. The van der Waals surface area contributed by atoms with Gasteiger partial charge in [-0.3, -0.25) is 9.59 Å². The van der Waals surface area contributed by atoms with Crippen LogP contribution in [0, 0.1) is 6.92 Å². The van der Waals surface area contributed by atoms with Crippen LogP contribution >= 0.6 is 0 Å². The number of carbonyl (C=O) groups is 2. The van der Waals surface area contributed by atoms with E-state index in [-0.39, 0.29) is 17.9 Å². The lowest BCUT2D eigenvalue weighted by Crippen LogP contribution is -2.30. The fourth-order valence-corrected chi connectivity index (χ4v) is 4.57. The maximum atomic E-state index is 13.5. The molecular formula is C31H27NO6. The molecule has 192 valence electrons. The van der Waals surface area contributed by atoms with Crippen molar-refractivity contribution >= 4 is 11.7 Å². The predicted octanol–water partition coefficient (Wildman–Crippen LogP) is 5.95. The number of Topliss-reactive ketones (excluding diaryl/α,β-unsaturated/α-hetero) is 1. The number of aliphatic hydroxyl groups excluding tert-OH is 1. The van der Waals surface area contributed by atoms with Crippen molar-refractivity contribution in [2.45, 2.75) is 26.1 Å². The van der Waals surface area contributed by atoms with Crippen molar-refractivity contribution in [1.29, 1.82) is 0 Å². The van der Waals surface area contributed by atoms with Gasteiger partial charge in [0.15, 0.2) is 23.0 Å². The largest absolute Gasteiger partial charge is 0.503 e. The zero-order valence-corrected chi connectivity index (χ0v) is 21.1. The first-order valence-electron chi connectivity index (χ1n) is 12.2. The molecule has 7 nitrogen and oxygen atoms in total. The lowest BCUT2D eigenvalue weighted by molar-refractivity contribution is -0.130. The van der Waals surface area contributed by atoms with Crippen molar-refractivity contribution in [3.05, 3.63) is 131 Å². The second-order valence-electron chi connectivity index (χ2n) is 9.01. The Morgan fingerprint density at radius 3 is 2.24 bits per heavy atom. The highest BCUT2D eigenvalue weighted by atomic mass is 16.5. The number of carbonyl (C=O) groups excluding carboxylic acids is 2. The Morgan fingerprint density at radius 2 is 1.61 bits per heavy atom. The molecule has 7 heteroatoms. The minimum absolute atomic E-state index is 0.0414. The number of methoxy groups -OCH3 is 1. The molecule has 1 N–H and O–H groups in total. The van der Waals surface area contributed by atoms with Crippen molar-refractivity contribution in [3.63, 3.8) is 0 Å². The van der Waals surface area contributed by atoms with E-state index in [1.165, 1.54) is 12.0 Å². The third kappa shape index (κ3) is 4.91. The van der Waals surface area contributed by atoms with Gasteiger partial charge >= 0.3 is 0 Å². The highest BCUT2D eigenvalue weighted by molar-refractivity contribution is 6.15. The summed E-state index contributed by atoms with van der Waals surface area (Å²) >= 11 is 0. The fraction of sp³-hybridized carbons (Fsp3) is 0.161. The number of rotatable bonds is 9. The van der Waals surface area contributed by atoms with Gasteiger partial charge < -0.3 is 23.9 Å². The maximum Gasteiger partial charge on any atom is 0.290 e. The summed E-state index contributed by atoms with van der Waals surface area (Å²) < 4.78 is 17.2. The first-order chi connectivity index (χ1) is 18.5. The molecule has 0 radical (unpaired) electrons. The highest BCUT2D eigenvalue weighted by Crippen LogP contribution is 2.42. The van der Waals surface area contributed by atoms with E-state index >= 15 is 0 Å². The van der Waals surface area contributed by atoms with Crippen LogP contribution in [0.5, 0.6) is 11.5 Å². The summed E-state index contributed by atoms with van der Waals surface area (Å²) in [4.78, 5) is 28.3. The Morgan fingerprint density at radius 1 is 0.921 bits per heavy atom. The van der Waals surface area contributed by atoms with Gasteiger partial charge in [0.1, 0.15) is 12.4 Å². The zero-order valence-electron chi connectivity index (χ0n) is 21.1. The number of nitrogens with zero attached hydrogens (tertiary/aromatic N) is 1. The van der Waals surface area contributed by atoms with E-state index in [0.717, 1.165) is 11.1 Å². The molecule has 2 heterocycles. The van der Waals surface area contributed by atoms with Crippen molar-refractivity contribution in [2.75, 3.05) is 7.11 Å². The summed E-state index contributed by atoms with van der Waals surface area (Å²) in [6.07, 6.45) is 0. The summed E-state index contributed by atoms with van der Waals surface area (Å²) in [5, 5.41) is 10.9. The van der Waals surface area contributed by atoms with Gasteiger partial charge in [-0.15, -0.1) is 0 Å². The van der Waals surface area contributed by atoms with Crippen LogP contribution in [-0.2, 0) is 17.9 Å². The van der Waals surface area contributed by atoms with Crippen LogP contribution in [0.3, 0.4) is 0 Å². The van der Waals surface area contributed by atoms with Gasteiger partial charge in [0.05, 0.1) is 18.7 Å². The van der Waals surface area contributed by atoms with Crippen molar-refractivity contribution < 1.29 is 28.6 Å². The first-order valence-corrected chi connectivity index (χ1v) is 12.2. The van der Waals surface area contributed by atoms with Gasteiger partial charge in [-0.25, -0.2) is 0 Å². The lowest BCUT2D eigenvalue weighted by Gasteiger charge is -2.27. The molecule has 1 aliphatic rings. The third-order valence-corrected chi connectivity index (χ3v) is 6.45. The first kappa shape index (κ1) is 24.9. The van der Waals surface area contributed by atoms with Gasteiger partial charge in [-0.05, 0) is 47.9 Å². The van der Waals surface area contributed by atoms with E-state index in [1.807, 2.05) is 60.7 Å². The number of hydrogen-bond acceptors (Lipinski definition) is 6. The van der Waals surface area contributed by atoms with Gasteiger partial charge in [0, 0.05) is 6.54 Å². The molecule has 38 heavy (non-hydrogen) atoms. The van der Waals surface area contributed by atoms with Crippen molar-refractivity contribution in [1.82, 2.24) is 4.90 Å². The number of ether oxygens (including phenoxy) is 2. The molecule has 0 saturated heterocycles. The van der Waals surface area contributed by atoms with Gasteiger partial charge in [-0.1, -0.05) is 66.7 Å². The van der Waals surface area contributed by atoms with Crippen LogP contribution in [0.15, 0.2) is 107 Å². The van der Waals surface area contributed by atoms with E-state index in [0.29, 0.717) is 29.4 Å². The second kappa shape index (κ2) is 10.7. The van der Waals surface area contributed by atoms with Crippen LogP contribution < -0.4 is 9.47 Å². The molecule has 1 atom stereocenters. The number of hydrogen-bond donors (Lipinski definition) is 1. The van der Waals surface area contributed by atoms with Gasteiger partial charge in [0.25, 0.3) is 5.91 Å². The molecule has 5 rings (SSSR count). The molecular weight excluding hydrogens is 482 g/mol. The summed E-state index contributed by atoms with van der Waals surface area (Å²) in [7, 11) is 1.53. The zero-order chi connectivity index (χ0) is 26.6. The molecule has 1 amide bonds. The average Bonchev–Trinajstić information content (AvgIpc) is 3.49. The van der Waals surface area contributed by atoms with Crippen LogP contribution in [-0.4, -0.2) is 28.8 Å². The summed E-state index contributed by atoms with van der Waals surface area (Å²) in [5.74, 6) is -0.204. The summed E-state index contributed by atoms with van der Waals surface area (Å²) in [6.45, 7) is 2.26. The molecule has 3 aromatic carbocycles. The Kier molecular flexibility index (Phi) is 7.00. The van der Waals surface area contributed by atoms with Crippen molar-refractivity contribution in [3.8, 4) is 11.5 Å². The van der Waals surface area contributed by atoms with E-state index in [1.54, 1.807) is 37.3 Å². The number of aliphatic hydroxyl groups is 1. The van der Waals surface area contributed by atoms with Crippen molar-refractivity contribution in [2.24, 2.45) is 0 Å². The normalized spacial score (nSPS) is 15.2. The molecule has 0 fully saturated rings. The van der Waals surface area contributed by atoms with Crippen LogP contribution in [0.4, 0.5) is 0 Å². The SMILES string of the molecule is COc1cc(C2C(C(=O)c3ccc(C)o3)=C(O)C(=O)N2Cc2ccccc2)ccc1OCc1ccccc1. The Balaban J connectivity index is 1.53. The third-order valence-electron chi connectivity index (χ3n) is 6.45. The van der Waals surface area contributed by atoms with Gasteiger partial charge in [-0.2, -0.15) is 0 Å². The molecule has 0 bridgehead atoms. The molecule has 1 unspecified atom stereocenters. The lowest BCUT2D eigenvalue weighted by atomic mass is 9.94. The summed E-state index contributed by atoms with van der Waals surface area (Å²) in [5.41, 5.74) is 2.41. The Bertz CT molecular complexity index is 1490. The molecule has 4 aromatic rings. The fourth-order valence-electron chi connectivity index (χ4n) is 4.57. The predicted molar refractivity (Wildman–Crippen MR) is 141 cm³/mol. The molecule has 1 aromatic heterocycles.